The number of carbonyl (C=O) groups is 1. The van der Waals surface area contributed by atoms with E-state index in [0.29, 0.717) is 6.42 Å². The van der Waals surface area contributed by atoms with Gasteiger partial charge in [-0.2, -0.15) is 0 Å². The van der Waals surface area contributed by atoms with Crippen LogP contribution in [0.25, 0.3) is 0 Å². The van der Waals surface area contributed by atoms with Crippen LogP contribution in [0.2, 0.25) is 0 Å². The molecule has 2 bridgehead atoms. The molecule has 0 heterocycles. The van der Waals surface area contributed by atoms with Gasteiger partial charge in [0.15, 0.2) is 0 Å². The average molecular weight is 156 g/mol. The third kappa shape index (κ3) is 0.737. The summed E-state index contributed by atoms with van der Waals surface area (Å²) in [5.41, 5.74) is -1.96. The first-order valence-electron chi connectivity index (χ1n) is 3.73. The first-order valence-corrected chi connectivity index (χ1v) is 3.73. The molecule has 2 aliphatic carbocycles. The van der Waals surface area contributed by atoms with Crippen LogP contribution in [0.1, 0.15) is 12.8 Å². The molecule has 1 fully saturated rings. The van der Waals surface area contributed by atoms with E-state index in [4.69, 9.17) is 5.11 Å². The fourth-order valence-electron chi connectivity index (χ4n) is 2.04. The Kier molecular flexibility index (Phi) is 1.14. The van der Waals surface area contributed by atoms with Gasteiger partial charge in [0.2, 0.25) is 5.67 Å². The third-order valence-corrected chi connectivity index (χ3v) is 2.67. The molecule has 3 atom stereocenters. The van der Waals surface area contributed by atoms with Crippen LogP contribution >= 0.6 is 0 Å². The second-order valence-corrected chi connectivity index (χ2v) is 3.36. The van der Waals surface area contributed by atoms with Crippen LogP contribution in [0.4, 0.5) is 4.39 Å². The van der Waals surface area contributed by atoms with Crippen molar-refractivity contribution < 1.29 is 14.3 Å². The van der Waals surface area contributed by atoms with Crippen LogP contribution in [-0.2, 0) is 4.79 Å². The second kappa shape index (κ2) is 1.84. The van der Waals surface area contributed by atoms with Gasteiger partial charge in [-0.15, -0.1) is 0 Å². The lowest BCUT2D eigenvalue weighted by Crippen LogP contribution is -2.37. The number of allylic oxidation sites excluding steroid dienone is 2. The topological polar surface area (TPSA) is 37.3 Å². The minimum atomic E-state index is -1.96. The molecule has 0 unspecified atom stereocenters. The molecule has 0 spiro atoms. The Hall–Kier alpha value is -0.860. The Bertz CT molecular complexity index is 236. The predicted molar refractivity (Wildman–Crippen MR) is 36.8 cm³/mol. The zero-order chi connectivity index (χ0) is 8.06. The second-order valence-electron chi connectivity index (χ2n) is 3.36. The molecule has 0 radical (unpaired) electrons. The lowest BCUT2D eigenvalue weighted by atomic mass is 9.90. The zero-order valence-corrected chi connectivity index (χ0v) is 5.96. The predicted octanol–water partition coefficient (Wildman–Crippen LogP) is 1.38. The maximum atomic E-state index is 13.5. The Balaban J connectivity index is 2.30. The van der Waals surface area contributed by atoms with Crippen molar-refractivity contribution in [3.63, 3.8) is 0 Å². The number of hydrogen-bond acceptors (Lipinski definition) is 1. The van der Waals surface area contributed by atoms with Crippen LogP contribution in [0.3, 0.4) is 0 Å². The van der Waals surface area contributed by atoms with E-state index in [0.717, 1.165) is 0 Å². The molecule has 2 aliphatic rings. The Morgan fingerprint density at radius 3 is 2.64 bits per heavy atom. The number of alkyl halides is 1. The molecule has 0 aliphatic heterocycles. The summed E-state index contributed by atoms with van der Waals surface area (Å²) in [7, 11) is 0. The molecule has 2 nitrogen and oxygen atoms in total. The highest BCUT2D eigenvalue weighted by Crippen LogP contribution is 2.48. The number of rotatable bonds is 1. The SMILES string of the molecule is O=C(O)[C@@]1(F)C[C@H]2C=C[C@@H]1C2. The van der Waals surface area contributed by atoms with Gasteiger partial charge in [-0.25, -0.2) is 9.18 Å². The van der Waals surface area contributed by atoms with Crippen molar-refractivity contribution in [2.45, 2.75) is 18.5 Å². The summed E-state index contributed by atoms with van der Waals surface area (Å²) in [6.07, 6.45) is 4.47. The Morgan fingerprint density at radius 2 is 2.36 bits per heavy atom. The molecule has 60 valence electrons. The normalized spacial score (nSPS) is 46.6. The smallest absolute Gasteiger partial charge is 0.342 e. The summed E-state index contributed by atoms with van der Waals surface area (Å²) < 4.78 is 13.5. The van der Waals surface area contributed by atoms with Gasteiger partial charge in [0.05, 0.1) is 0 Å². The number of fused-ring (bicyclic) bond motifs is 2. The average Bonchev–Trinajstić information content (AvgIpc) is 2.45. The van der Waals surface area contributed by atoms with Gasteiger partial charge < -0.3 is 5.11 Å². The van der Waals surface area contributed by atoms with Gasteiger partial charge in [0, 0.05) is 5.92 Å². The summed E-state index contributed by atoms with van der Waals surface area (Å²) in [6, 6.07) is 0. The molecule has 0 aromatic heterocycles. The zero-order valence-electron chi connectivity index (χ0n) is 5.96. The summed E-state index contributed by atoms with van der Waals surface area (Å²) in [4.78, 5) is 10.5. The van der Waals surface area contributed by atoms with E-state index in [1.54, 1.807) is 6.08 Å². The number of carboxylic acid groups (broad SMARTS) is 1. The van der Waals surface area contributed by atoms with E-state index in [2.05, 4.69) is 0 Å². The Morgan fingerprint density at radius 1 is 1.64 bits per heavy atom. The van der Waals surface area contributed by atoms with Crippen molar-refractivity contribution in [3.8, 4) is 0 Å². The van der Waals surface area contributed by atoms with Crippen LogP contribution in [-0.4, -0.2) is 16.7 Å². The molecule has 1 N–H and O–H groups in total. The van der Waals surface area contributed by atoms with Crippen molar-refractivity contribution in [2.24, 2.45) is 11.8 Å². The van der Waals surface area contributed by atoms with E-state index >= 15 is 0 Å². The summed E-state index contributed by atoms with van der Waals surface area (Å²) >= 11 is 0. The van der Waals surface area contributed by atoms with Gasteiger partial charge >= 0.3 is 5.97 Å². The standard InChI is InChI=1S/C8H9FO2/c9-8(7(10)11)4-5-1-2-6(8)3-5/h1-2,5-6H,3-4H2,(H,10,11)/t5-,6+,8+/m0/s1. The molecule has 11 heavy (non-hydrogen) atoms. The number of halogens is 1. The molecule has 3 heteroatoms. The summed E-state index contributed by atoms with van der Waals surface area (Å²) in [5, 5.41) is 8.59. The van der Waals surface area contributed by atoms with Gasteiger partial charge in [0.25, 0.3) is 0 Å². The highest BCUT2D eigenvalue weighted by Gasteiger charge is 2.54. The van der Waals surface area contributed by atoms with Crippen molar-refractivity contribution in [3.05, 3.63) is 12.2 Å². The molecule has 0 aromatic rings. The maximum absolute atomic E-state index is 13.5. The molecule has 2 rings (SSSR count). The minimum absolute atomic E-state index is 0.168. The summed E-state index contributed by atoms with van der Waals surface area (Å²) in [6.45, 7) is 0. The first-order chi connectivity index (χ1) is 5.13. The van der Waals surface area contributed by atoms with E-state index in [-0.39, 0.29) is 18.3 Å². The van der Waals surface area contributed by atoms with Gasteiger partial charge in [-0.3, -0.25) is 0 Å². The van der Waals surface area contributed by atoms with Gasteiger partial charge in [0.1, 0.15) is 0 Å². The van der Waals surface area contributed by atoms with E-state index in [1.807, 2.05) is 6.08 Å². The van der Waals surface area contributed by atoms with E-state index in [9.17, 15) is 9.18 Å². The molecule has 0 amide bonds. The Labute approximate surface area is 63.7 Å². The van der Waals surface area contributed by atoms with Crippen molar-refractivity contribution in [1.82, 2.24) is 0 Å². The van der Waals surface area contributed by atoms with E-state index < -0.39 is 11.6 Å². The van der Waals surface area contributed by atoms with Crippen LogP contribution in [0.15, 0.2) is 12.2 Å². The monoisotopic (exact) mass is 156 g/mol. The highest BCUT2D eigenvalue weighted by molar-refractivity contribution is 5.79. The van der Waals surface area contributed by atoms with Crippen LogP contribution < -0.4 is 0 Å². The fraction of sp³-hybridized carbons (Fsp3) is 0.625. The summed E-state index contributed by atoms with van der Waals surface area (Å²) in [5.74, 6) is -1.50. The van der Waals surface area contributed by atoms with Crippen molar-refractivity contribution >= 4 is 5.97 Å². The molecule has 1 saturated carbocycles. The van der Waals surface area contributed by atoms with Crippen molar-refractivity contribution in [2.75, 3.05) is 0 Å². The molecule has 0 aromatic carbocycles. The molecule has 0 saturated heterocycles. The number of aliphatic carboxylic acids is 1. The molecular formula is C8H9FO2. The maximum Gasteiger partial charge on any atom is 0.342 e. The minimum Gasteiger partial charge on any atom is -0.479 e. The molecular weight excluding hydrogens is 147 g/mol. The highest BCUT2D eigenvalue weighted by atomic mass is 19.1. The number of hydrogen-bond donors (Lipinski definition) is 1. The fourth-order valence-corrected chi connectivity index (χ4v) is 2.04. The largest absolute Gasteiger partial charge is 0.479 e. The lowest BCUT2D eigenvalue weighted by Gasteiger charge is -2.21. The third-order valence-electron chi connectivity index (χ3n) is 2.67. The van der Waals surface area contributed by atoms with Crippen LogP contribution in [0, 0.1) is 11.8 Å². The first kappa shape index (κ1) is 6.83. The van der Waals surface area contributed by atoms with Crippen molar-refractivity contribution in [1.29, 1.82) is 0 Å². The van der Waals surface area contributed by atoms with Gasteiger partial charge in [-0.1, -0.05) is 12.2 Å². The van der Waals surface area contributed by atoms with E-state index in [1.165, 1.54) is 0 Å². The quantitative estimate of drug-likeness (QED) is 0.582. The van der Waals surface area contributed by atoms with Crippen LogP contribution in [0.5, 0.6) is 0 Å². The lowest BCUT2D eigenvalue weighted by molar-refractivity contribution is -0.152. The van der Waals surface area contributed by atoms with Gasteiger partial charge in [-0.05, 0) is 18.8 Å². The number of carboxylic acids is 1.